The first-order chi connectivity index (χ1) is 9.60. The fraction of sp³-hybridized carbons (Fsp3) is 0.133. The van der Waals surface area contributed by atoms with E-state index in [4.69, 9.17) is 15.6 Å². The predicted molar refractivity (Wildman–Crippen MR) is 80.0 cm³/mol. The van der Waals surface area contributed by atoms with Gasteiger partial charge in [0.05, 0.1) is 12.2 Å². The number of aliphatic hydroxyl groups is 1. The number of hydrogen-bond acceptors (Lipinski definition) is 4. The Morgan fingerprint density at radius 2 is 1.80 bits per heavy atom. The third-order valence-corrected chi connectivity index (χ3v) is 3.53. The molecule has 0 aliphatic carbocycles. The van der Waals surface area contributed by atoms with Gasteiger partial charge in [-0.15, -0.1) is 0 Å². The van der Waals surface area contributed by atoms with Crippen molar-refractivity contribution >= 4 is 27.6 Å². The zero-order valence-electron chi connectivity index (χ0n) is 10.7. The molecule has 2 aromatic carbocycles. The summed E-state index contributed by atoms with van der Waals surface area (Å²) in [5.41, 5.74) is 8.31. The van der Waals surface area contributed by atoms with Crippen LogP contribution in [-0.2, 0) is 18.0 Å². The van der Waals surface area contributed by atoms with Crippen LogP contribution in [-0.4, -0.2) is 11.1 Å². The molecule has 20 heavy (non-hydrogen) atoms. The number of carbonyl (C=O) groups excluding carboxylic acids is 1. The molecule has 0 radical (unpaired) electrons. The molecule has 0 aliphatic heterocycles. The van der Waals surface area contributed by atoms with E-state index in [9.17, 15) is 4.79 Å². The van der Waals surface area contributed by atoms with Crippen LogP contribution >= 0.6 is 15.9 Å². The highest BCUT2D eigenvalue weighted by Gasteiger charge is 2.09. The molecule has 104 valence electrons. The van der Waals surface area contributed by atoms with E-state index in [0.717, 1.165) is 15.6 Å². The highest BCUT2D eigenvalue weighted by atomic mass is 79.9. The SMILES string of the molecule is Nc1cc(C(=O)OCc2ccc(CO)cc2)ccc1Br. The zero-order chi connectivity index (χ0) is 14.5. The standard InChI is InChI=1S/C15H14BrNO3/c16-13-6-5-12(7-14(13)17)15(19)20-9-11-3-1-10(8-18)2-4-11/h1-7,18H,8-9,17H2. The number of aliphatic hydroxyl groups excluding tert-OH is 1. The summed E-state index contributed by atoms with van der Waals surface area (Å²) in [6.45, 7) is 0.179. The van der Waals surface area contributed by atoms with Crippen LogP contribution in [0.4, 0.5) is 5.69 Å². The van der Waals surface area contributed by atoms with E-state index in [0.29, 0.717) is 11.3 Å². The minimum absolute atomic E-state index is 0.00175. The molecule has 2 aromatic rings. The molecule has 0 unspecified atom stereocenters. The summed E-state index contributed by atoms with van der Waals surface area (Å²) >= 11 is 3.27. The Kier molecular flexibility index (Phi) is 4.76. The van der Waals surface area contributed by atoms with Gasteiger partial charge in [-0.1, -0.05) is 24.3 Å². The summed E-state index contributed by atoms with van der Waals surface area (Å²) in [6.07, 6.45) is 0. The van der Waals surface area contributed by atoms with Gasteiger partial charge in [0.15, 0.2) is 0 Å². The number of nitrogen functional groups attached to an aromatic ring is 1. The predicted octanol–water partition coefficient (Wildman–Crippen LogP) is 2.88. The molecule has 2 rings (SSSR count). The molecule has 3 N–H and O–H groups in total. The van der Waals surface area contributed by atoms with Crippen LogP contribution in [0.15, 0.2) is 46.9 Å². The van der Waals surface area contributed by atoms with Crippen molar-refractivity contribution in [1.29, 1.82) is 0 Å². The number of hydrogen-bond donors (Lipinski definition) is 2. The largest absolute Gasteiger partial charge is 0.457 e. The van der Waals surface area contributed by atoms with E-state index >= 15 is 0 Å². The maximum absolute atomic E-state index is 11.9. The molecule has 0 spiro atoms. The second kappa shape index (κ2) is 6.54. The summed E-state index contributed by atoms with van der Waals surface area (Å²) in [5.74, 6) is -0.421. The molecule has 0 heterocycles. The van der Waals surface area contributed by atoms with Gasteiger partial charge in [0.2, 0.25) is 0 Å². The average Bonchev–Trinajstić information content (AvgIpc) is 2.48. The molecule has 0 aromatic heterocycles. The van der Waals surface area contributed by atoms with Crippen molar-refractivity contribution in [2.24, 2.45) is 0 Å². The molecule has 0 fully saturated rings. The van der Waals surface area contributed by atoms with Gasteiger partial charge in [-0.2, -0.15) is 0 Å². The second-order valence-corrected chi connectivity index (χ2v) is 5.14. The van der Waals surface area contributed by atoms with Crippen molar-refractivity contribution in [3.05, 3.63) is 63.6 Å². The van der Waals surface area contributed by atoms with Gasteiger partial charge in [-0.05, 0) is 45.3 Å². The quantitative estimate of drug-likeness (QED) is 0.665. The first-order valence-corrected chi connectivity index (χ1v) is 6.80. The van der Waals surface area contributed by atoms with Gasteiger partial charge < -0.3 is 15.6 Å². The monoisotopic (exact) mass is 335 g/mol. The fourth-order valence-electron chi connectivity index (χ4n) is 1.64. The van der Waals surface area contributed by atoms with E-state index < -0.39 is 5.97 Å². The number of rotatable bonds is 4. The molecular formula is C15H14BrNO3. The van der Waals surface area contributed by atoms with Crippen molar-refractivity contribution in [1.82, 2.24) is 0 Å². The Morgan fingerprint density at radius 1 is 1.15 bits per heavy atom. The van der Waals surface area contributed by atoms with Gasteiger partial charge in [0.1, 0.15) is 6.61 Å². The van der Waals surface area contributed by atoms with Gasteiger partial charge in [0.25, 0.3) is 0 Å². The van der Waals surface area contributed by atoms with Crippen LogP contribution in [0.2, 0.25) is 0 Å². The molecule has 4 nitrogen and oxygen atoms in total. The van der Waals surface area contributed by atoms with E-state index in [1.165, 1.54) is 0 Å². The normalized spacial score (nSPS) is 10.3. The summed E-state index contributed by atoms with van der Waals surface area (Å²) in [6, 6.07) is 12.1. The van der Waals surface area contributed by atoms with Gasteiger partial charge in [-0.3, -0.25) is 0 Å². The minimum atomic E-state index is -0.421. The van der Waals surface area contributed by atoms with Crippen LogP contribution in [0.25, 0.3) is 0 Å². The maximum atomic E-state index is 11.9. The van der Waals surface area contributed by atoms with Crippen LogP contribution in [0.1, 0.15) is 21.5 Å². The van der Waals surface area contributed by atoms with E-state index in [1.807, 2.05) is 12.1 Å². The lowest BCUT2D eigenvalue weighted by Gasteiger charge is -2.07. The summed E-state index contributed by atoms with van der Waals surface area (Å²) in [7, 11) is 0. The lowest BCUT2D eigenvalue weighted by Crippen LogP contribution is -2.06. The first kappa shape index (κ1) is 14.6. The third-order valence-electron chi connectivity index (χ3n) is 2.81. The van der Waals surface area contributed by atoms with Crippen molar-refractivity contribution in [2.45, 2.75) is 13.2 Å². The van der Waals surface area contributed by atoms with Crippen LogP contribution in [0.3, 0.4) is 0 Å². The average molecular weight is 336 g/mol. The lowest BCUT2D eigenvalue weighted by atomic mass is 10.1. The number of anilines is 1. The van der Waals surface area contributed by atoms with E-state index in [1.54, 1.807) is 30.3 Å². The summed E-state index contributed by atoms with van der Waals surface area (Å²) in [4.78, 5) is 11.9. The highest BCUT2D eigenvalue weighted by Crippen LogP contribution is 2.20. The Hall–Kier alpha value is -1.85. The minimum Gasteiger partial charge on any atom is -0.457 e. The van der Waals surface area contributed by atoms with Crippen LogP contribution in [0, 0.1) is 0 Å². The van der Waals surface area contributed by atoms with Gasteiger partial charge >= 0.3 is 5.97 Å². The Labute approximate surface area is 125 Å². The van der Waals surface area contributed by atoms with Crippen molar-refractivity contribution < 1.29 is 14.6 Å². The highest BCUT2D eigenvalue weighted by molar-refractivity contribution is 9.10. The molecule has 0 amide bonds. The first-order valence-electron chi connectivity index (χ1n) is 6.01. The summed E-state index contributed by atoms with van der Waals surface area (Å²) in [5, 5.41) is 8.94. The number of esters is 1. The Bertz CT molecular complexity index is 611. The number of carbonyl (C=O) groups is 1. The number of nitrogens with two attached hydrogens (primary N) is 1. The lowest BCUT2D eigenvalue weighted by molar-refractivity contribution is 0.0472. The van der Waals surface area contributed by atoms with Crippen molar-refractivity contribution in [2.75, 3.05) is 5.73 Å². The second-order valence-electron chi connectivity index (χ2n) is 4.29. The number of benzene rings is 2. The molecule has 0 atom stereocenters. The third kappa shape index (κ3) is 3.59. The number of halogens is 1. The van der Waals surface area contributed by atoms with E-state index in [-0.39, 0.29) is 13.2 Å². The smallest absolute Gasteiger partial charge is 0.338 e. The molecule has 5 heteroatoms. The van der Waals surface area contributed by atoms with E-state index in [2.05, 4.69) is 15.9 Å². The number of ether oxygens (including phenoxy) is 1. The summed E-state index contributed by atoms with van der Waals surface area (Å²) < 4.78 is 5.95. The fourth-order valence-corrected chi connectivity index (χ4v) is 1.89. The van der Waals surface area contributed by atoms with Gasteiger partial charge in [-0.25, -0.2) is 4.79 Å². The van der Waals surface area contributed by atoms with Crippen LogP contribution in [0.5, 0.6) is 0 Å². The van der Waals surface area contributed by atoms with Gasteiger partial charge in [0, 0.05) is 10.2 Å². The molecular weight excluding hydrogens is 322 g/mol. The molecule has 0 saturated heterocycles. The Balaban J connectivity index is 1.98. The topological polar surface area (TPSA) is 72.6 Å². The zero-order valence-corrected chi connectivity index (χ0v) is 12.3. The van der Waals surface area contributed by atoms with Crippen LogP contribution < -0.4 is 5.73 Å². The van der Waals surface area contributed by atoms with Crippen molar-refractivity contribution in [3.63, 3.8) is 0 Å². The molecule has 0 aliphatic rings. The molecule has 0 saturated carbocycles. The Morgan fingerprint density at radius 3 is 2.40 bits per heavy atom. The van der Waals surface area contributed by atoms with Crippen molar-refractivity contribution in [3.8, 4) is 0 Å². The maximum Gasteiger partial charge on any atom is 0.338 e. The molecule has 0 bridgehead atoms.